The van der Waals surface area contributed by atoms with Gasteiger partial charge in [-0.1, -0.05) is 0 Å². The number of benzene rings is 2. The van der Waals surface area contributed by atoms with Gasteiger partial charge in [0.1, 0.15) is 6.07 Å². The maximum atomic E-state index is 10.8. The molecule has 8 heteroatoms. The first kappa shape index (κ1) is 18.5. The number of anilines is 1. The summed E-state index contributed by atoms with van der Waals surface area (Å²) < 4.78 is 11.4. The third-order valence-electron chi connectivity index (χ3n) is 3.07. The third kappa shape index (κ3) is 5.09. The Hall–Kier alpha value is -2.80. The number of hydrogen-bond donors (Lipinski definition) is 2. The van der Waals surface area contributed by atoms with Crippen LogP contribution >= 0.6 is 22.6 Å². The molecule has 0 saturated heterocycles. The first-order valence-corrected chi connectivity index (χ1v) is 8.12. The molecule has 0 unspecified atom stereocenters. The van der Waals surface area contributed by atoms with E-state index in [1.165, 1.54) is 19.2 Å². The van der Waals surface area contributed by atoms with Crippen LogP contribution in [0, 0.1) is 14.9 Å². The van der Waals surface area contributed by atoms with E-state index in [4.69, 9.17) is 19.8 Å². The lowest BCUT2D eigenvalue weighted by molar-refractivity contribution is 0.0697. The number of halogens is 1. The van der Waals surface area contributed by atoms with Gasteiger partial charge in [-0.25, -0.2) is 4.79 Å². The fourth-order valence-corrected chi connectivity index (χ4v) is 2.71. The highest BCUT2D eigenvalue weighted by molar-refractivity contribution is 14.1. The molecule has 0 bridgehead atoms. The quantitative estimate of drug-likeness (QED) is 0.380. The molecule has 0 fully saturated rings. The molecule has 0 heterocycles. The molecule has 2 aromatic carbocycles. The molecule has 7 nitrogen and oxygen atoms in total. The summed E-state index contributed by atoms with van der Waals surface area (Å²) in [5.41, 5.74) is 4.48. The summed E-state index contributed by atoms with van der Waals surface area (Å²) in [6.07, 6.45) is 1.60. The van der Waals surface area contributed by atoms with Gasteiger partial charge in [0.15, 0.2) is 18.1 Å². The highest BCUT2D eigenvalue weighted by Gasteiger charge is 2.11. The molecule has 0 atom stereocenters. The average Bonchev–Trinajstić information content (AvgIpc) is 2.61. The number of rotatable bonds is 7. The Kier molecular flexibility index (Phi) is 6.59. The van der Waals surface area contributed by atoms with Gasteiger partial charge in [0, 0.05) is 0 Å². The minimum atomic E-state index is -0.976. The summed E-state index contributed by atoms with van der Waals surface area (Å²) in [7, 11) is 1.52. The molecule has 0 saturated carbocycles. The van der Waals surface area contributed by atoms with Crippen molar-refractivity contribution in [3.8, 4) is 17.6 Å². The number of nitrogens with zero attached hydrogens (tertiary/aromatic N) is 2. The van der Waals surface area contributed by atoms with Gasteiger partial charge in [0.05, 0.1) is 28.1 Å². The Bertz CT molecular complexity index is 829. The molecule has 0 aromatic heterocycles. The first-order valence-electron chi connectivity index (χ1n) is 7.05. The number of carboxylic acids is 1. The molecule has 0 spiro atoms. The maximum absolute atomic E-state index is 10.8. The lowest BCUT2D eigenvalue weighted by atomic mass is 10.2. The van der Waals surface area contributed by atoms with E-state index in [2.05, 4.69) is 33.1 Å². The van der Waals surface area contributed by atoms with Crippen LogP contribution < -0.4 is 14.9 Å². The van der Waals surface area contributed by atoms with E-state index in [0.717, 1.165) is 9.13 Å². The average molecular weight is 451 g/mol. The lowest BCUT2D eigenvalue weighted by Crippen LogP contribution is -2.00. The number of carbonyl (C=O) groups is 1. The van der Waals surface area contributed by atoms with Crippen molar-refractivity contribution in [2.45, 2.75) is 0 Å². The molecule has 0 aliphatic rings. The number of hydrazone groups is 1. The van der Waals surface area contributed by atoms with Crippen molar-refractivity contribution in [1.82, 2.24) is 0 Å². The number of hydrogen-bond acceptors (Lipinski definition) is 6. The topological polar surface area (TPSA) is 104 Å². The van der Waals surface area contributed by atoms with E-state index in [9.17, 15) is 4.79 Å². The Labute approximate surface area is 158 Å². The number of nitriles is 1. The van der Waals surface area contributed by atoms with E-state index in [-0.39, 0.29) is 12.2 Å². The van der Waals surface area contributed by atoms with Crippen molar-refractivity contribution in [3.63, 3.8) is 0 Å². The fraction of sp³-hybridized carbons (Fsp3) is 0.118. The summed E-state index contributed by atoms with van der Waals surface area (Å²) in [5.74, 6) is 0.0452. The molecule has 0 amide bonds. The zero-order valence-corrected chi connectivity index (χ0v) is 15.4. The second-order valence-corrected chi connectivity index (χ2v) is 5.90. The zero-order valence-electron chi connectivity index (χ0n) is 13.2. The van der Waals surface area contributed by atoms with Crippen molar-refractivity contribution in [2.24, 2.45) is 5.10 Å². The molecule has 0 aliphatic heterocycles. The standard InChI is InChI=1S/C17H14IN3O4/c1-24-15-9-11(8-14(18)16(15)25-7-6-19)10-20-21-13-4-2-12(3-5-13)17(22)23/h2-5,8-10,21H,7H2,1H3,(H,22,23)/b20-10-. The van der Waals surface area contributed by atoms with Gasteiger partial charge in [-0.05, 0) is 64.6 Å². The van der Waals surface area contributed by atoms with Crippen LogP contribution in [0.1, 0.15) is 15.9 Å². The third-order valence-corrected chi connectivity index (χ3v) is 3.87. The van der Waals surface area contributed by atoms with Crippen LogP contribution in [0.25, 0.3) is 0 Å². The van der Waals surface area contributed by atoms with E-state index in [1.807, 2.05) is 12.1 Å². The summed E-state index contributed by atoms with van der Waals surface area (Å²) >= 11 is 2.10. The monoisotopic (exact) mass is 451 g/mol. The molecule has 2 aromatic rings. The van der Waals surface area contributed by atoms with Gasteiger partial charge in [-0.15, -0.1) is 0 Å². The Morgan fingerprint density at radius 1 is 1.40 bits per heavy atom. The van der Waals surface area contributed by atoms with E-state index in [1.54, 1.807) is 24.4 Å². The summed E-state index contributed by atoms with van der Waals surface area (Å²) in [4.78, 5) is 10.8. The van der Waals surface area contributed by atoms with Crippen LogP contribution in [0.2, 0.25) is 0 Å². The fourth-order valence-electron chi connectivity index (χ4n) is 1.93. The molecule has 2 rings (SSSR count). The van der Waals surface area contributed by atoms with Crippen molar-refractivity contribution in [2.75, 3.05) is 19.1 Å². The van der Waals surface area contributed by atoms with Crippen LogP contribution in [0.5, 0.6) is 11.5 Å². The summed E-state index contributed by atoms with van der Waals surface area (Å²) in [6, 6.07) is 11.7. The molecule has 2 N–H and O–H groups in total. The van der Waals surface area contributed by atoms with E-state index in [0.29, 0.717) is 17.2 Å². The molecular weight excluding hydrogens is 437 g/mol. The van der Waals surface area contributed by atoms with Gasteiger partial charge >= 0.3 is 5.97 Å². The Balaban J connectivity index is 2.11. The van der Waals surface area contributed by atoms with Gasteiger partial charge < -0.3 is 14.6 Å². The van der Waals surface area contributed by atoms with Gasteiger partial charge in [0.25, 0.3) is 0 Å². The van der Waals surface area contributed by atoms with Crippen LogP contribution in [-0.2, 0) is 0 Å². The van der Waals surface area contributed by atoms with Gasteiger partial charge in [-0.3, -0.25) is 5.43 Å². The molecule has 25 heavy (non-hydrogen) atoms. The van der Waals surface area contributed by atoms with Crippen LogP contribution in [0.4, 0.5) is 5.69 Å². The zero-order chi connectivity index (χ0) is 18.2. The minimum absolute atomic E-state index is 0.0618. The number of nitrogens with one attached hydrogen (secondary N) is 1. The predicted octanol–water partition coefficient (Wildman–Crippen LogP) is 3.35. The second-order valence-electron chi connectivity index (χ2n) is 4.73. The summed E-state index contributed by atoms with van der Waals surface area (Å²) in [5, 5.41) is 21.6. The second kappa shape index (κ2) is 8.89. The molecular formula is C17H14IN3O4. The van der Waals surface area contributed by atoms with Crippen molar-refractivity contribution in [3.05, 3.63) is 51.1 Å². The highest BCUT2D eigenvalue weighted by Crippen LogP contribution is 2.33. The van der Waals surface area contributed by atoms with Crippen LogP contribution in [0.3, 0.4) is 0 Å². The van der Waals surface area contributed by atoms with Crippen LogP contribution in [0.15, 0.2) is 41.5 Å². The Morgan fingerprint density at radius 3 is 2.72 bits per heavy atom. The van der Waals surface area contributed by atoms with Crippen molar-refractivity contribution >= 4 is 40.5 Å². The van der Waals surface area contributed by atoms with Crippen molar-refractivity contribution in [1.29, 1.82) is 5.26 Å². The molecule has 128 valence electrons. The van der Waals surface area contributed by atoms with E-state index < -0.39 is 5.97 Å². The lowest BCUT2D eigenvalue weighted by Gasteiger charge is -2.11. The number of aromatic carboxylic acids is 1. The first-order chi connectivity index (χ1) is 12.0. The number of carboxylic acid groups (broad SMARTS) is 1. The van der Waals surface area contributed by atoms with Crippen molar-refractivity contribution < 1.29 is 19.4 Å². The number of ether oxygens (including phenoxy) is 2. The largest absolute Gasteiger partial charge is 0.493 e. The van der Waals surface area contributed by atoms with Gasteiger partial charge in [-0.2, -0.15) is 10.4 Å². The van der Waals surface area contributed by atoms with Gasteiger partial charge in [0.2, 0.25) is 0 Å². The van der Waals surface area contributed by atoms with E-state index >= 15 is 0 Å². The smallest absolute Gasteiger partial charge is 0.335 e. The molecule has 0 radical (unpaired) electrons. The molecule has 0 aliphatic carbocycles. The Morgan fingerprint density at radius 2 is 2.12 bits per heavy atom. The predicted molar refractivity (Wildman–Crippen MR) is 101 cm³/mol. The normalized spacial score (nSPS) is 10.3. The minimum Gasteiger partial charge on any atom is -0.493 e. The number of methoxy groups -OCH3 is 1. The maximum Gasteiger partial charge on any atom is 0.335 e. The SMILES string of the molecule is COc1cc(/C=N\Nc2ccc(C(=O)O)cc2)cc(I)c1OCC#N. The summed E-state index contributed by atoms with van der Waals surface area (Å²) in [6.45, 7) is -0.0618. The highest BCUT2D eigenvalue weighted by atomic mass is 127. The van der Waals surface area contributed by atoms with Crippen LogP contribution in [-0.4, -0.2) is 31.0 Å².